The van der Waals surface area contributed by atoms with Gasteiger partial charge in [-0.2, -0.15) is 4.31 Å². The highest BCUT2D eigenvalue weighted by Gasteiger charge is 2.27. The molecule has 0 radical (unpaired) electrons. The number of phenols is 1. The molecule has 1 aromatic carbocycles. The first-order valence-corrected chi connectivity index (χ1v) is 10.4. The number of nitrogens with one attached hydrogen (secondary N) is 1. The largest absolute Gasteiger partial charge is 0.508 e. The van der Waals surface area contributed by atoms with Crippen LogP contribution in [0, 0.1) is 0 Å². The third-order valence-electron chi connectivity index (χ3n) is 4.01. The first kappa shape index (κ1) is 17.9. The molecule has 1 fully saturated rings. The molecule has 3 rings (SSSR count). The third kappa shape index (κ3) is 4.39. The number of sulfonamides is 1. The summed E-state index contributed by atoms with van der Waals surface area (Å²) in [5.74, 6) is -0.182. The zero-order chi connectivity index (χ0) is 17.9. The second kappa shape index (κ2) is 7.55. The van der Waals surface area contributed by atoms with Crippen LogP contribution in [0.5, 0.6) is 5.75 Å². The fraction of sp³-hybridized carbons (Fsp3) is 0.353. The van der Waals surface area contributed by atoms with Crippen LogP contribution in [0.25, 0.3) is 0 Å². The lowest BCUT2D eigenvalue weighted by atomic mass is 10.2. The molecule has 0 unspecified atom stereocenters. The molecule has 0 spiro atoms. The number of aromatic hydroxyl groups is 1. The standard InChI is InChI=1S/C17H20N2O4S2/c20-14-6-4-5-13(11-14)18-16(21)12-15-7-8-17(24-15)25(22,23)19-9-2-1-3-10-19/h4-8,11,20H,1-3,9-10,12H2,(H,18,21). The van der Waals surface area contributed by atoms with Crippen molar-refractivity contribution < 1.29 is 18.3 Å². The van der Waals surface area contributed by atoms with Crippen LogP contribution in [0.15, 0.2) is 40.6 Å². The Labute approximate surface area is 151 Å². The molecule has 8 heteroatoms. The van der Waals surface area contributed by atoms with Crippen LogP contribution in [-0.4, -0.2) is 36.8 Å². The van der Waals surface area contributed by atoms with E-state index in [4.69, 9.17) is 0 Å². The molecule has 2 N–H and O–H groups in total. The fourth-order valence-corrected chi connectivity index (χ4v) is 5.80. The average Bonchev–Trinajstić information content (AvgIpc) is 3.05. The molecule has 0 saturated carbocycles. The molecule has 2 aromatic rings. The van der Waals surface area contributed by atoms with Crippen molar-refractivity contribution in [1.29, 1.82) is 0 Å². The van der Waals surface area contributed by atoms with E-state index in [-0.39, 0.29) is 22.3 Å². The number of carbonyl (C=O) groups excluding carboxylic acids is 1. The predicted molar refractivity (Wildman–Crippen MR) is 97.4 cm³/mol. The fourth-order valence-electron chi connectivity index (χ4n) is 2.77. The topological polar surface area (TPSA) is 86.7 Å². The van der Waals surface area contributed by atoms with Crippen LogP contribution in [0.4, 0.5) is 5.69 Å². The molecule has 1 saturated heterocycles. The van der Waals surface area contributed by atoms with Gasteiger partial charge in [0.1, 0.15) is 9.96 Å². The summed E-state index contributed by atoms with van der Waals surface area (Å²) in [5, 5.41) is 12.1. The Kier molecular flexibility index (Phi) is 5.41. The Morgan fingerprint density at radius 1 is 1.16 bits per heavy atom. The van der Waals surface area contributed by atoms with E-state index in [2.05, 4.69) is 5.32 Å². The van der Waals surface area contributed by atoms with Crippen molar-refractivity contribution in [3.8, 4) is 5.75 Å². The van der Waals surface area contributed by atoms with E-state index in [0.717, 1.165) is 30.6 Å². The molecule has 6 nitrogen and oxygen atoms in total. The summed E-state index contributed by atoms with van der Waals surface area (Å²) >= 11 is 1.14. The van der Waals surface area contributed by atoms with Gasteiger partial charge in [0.2, 0.25) is 5.91 Å². The number of anilines is 1. The lowest BCUT2D eigenvalue weighted by molar-refractivity contribution is -0.115. The van der Waals surface area contributed by atoms with Gasteiger partial charge in [0.25, 0.3) is 10.0 Å². The SMILES string of the molecule is O=C(Cc1ccc(S(=O)(=O)N2CCCCC2)s1)Nc1cccc(O)c1. The van der Waals surface area contributed by atoms with Crippen molar-refractivity contribution >= 4 is 33.0 Å². The second-order valence-electron chi connectivity index (χ2n) is 5.96. The highest BCUT2D eigenvalue weighted by molar-refractivity contribution is 7.91. The van der Waals surface area contributed by atoms with Gasteiger partial charge in [0.05, 0.1) is 6.42 Å². The minimum atomic E-state index is -3.45. The van der Waals surface area contributed by atoms with Gasteiger partial charge in [-0.15, -0.1) is 11.3 Å². The number of carbonyl (C=O) groups is 1. The summed E-state index contributed by atoms with van der Waals surface area (Å²) < 4.78 is 27.1. The number of hydrogen-bond acceptors (Lipinski definition) is 5. The van der Waals surface area contributed by atoms with E-state index < -0.39 is 10.0 Å². The molecule has 1 aliphatic rings. The van der Waals surface area contributed by atoms with Crippen LogP contribution in [-0.2, 0) is 21.2 Å². The molecule has 0 aliphatic carbocycles. The summed E-state index contributed by atoms with van der Waals surface area (Å²) in [5.41, 5.74) is 0.503. The van der Waals surface area contributed by atoms with E-state index >= 15 is 0 Å². The van der Waals surface area contributed by atoms with E-state index in [0.29, 0.717) is 23.7 Å². The summed E-state index contributed by atoms with van der Waals surface area (Å²) in [7, 11) is -3.45. The average molecular weight is 380 g/mol. The number of rotatable bonds is 5. The zero-order valence-electron chi connectivity index (χ0n) is 13.6. The second-order valence-corrected chi connectivity index (χ2v) is 9.29. The van der Waals surface area contributed by atoms with E-state index in [1.54, 1.807) is 24.3 Å². The van der Waals surface area contributed by atoms with Gasteiger partial charge >= 0.3 is 0 Å². The Morgan fingerprint density at radius 2 is 1.92 bits per heavy atom. The van der Waals surface area contributed by atoms with Crippen molar-refractivity contribution in [2.45, 2.75) is 29.9 Å². The number of phenolic OH excluding ortho intramolecular Hbond substituents is 1. The monoisotopic (exact) mass is 380 g/mol. The Morgan fingerprint density at radius 3 is 2.64 bits per heavy atom. The van der Waals surface area contributed by atoms with Crippen molar-refractivity contribution in [2.24, 2.45) is 0 Å². The van der Waals surface area contributed by atoms with Gasteiger partial charge in [-0.1, -0.05) is 12.5 Å². The van der Waals surface area contributed by atoms with Gasteiger partial charge in [-0.25, -0.2) is 8.42 Å². The van der Waals surface area contributed by atoms with E-state index in [9.17, 15) is 18.3 Å². The molecular formula is C17H20N2O4S2. The summed E-state index contributed by atoms with van der Waals surface area (Å²) in [4.78, 5) is 12.8. The van der Waals surface area contributed by atoms with Gasteiger partial charge in [0, 0.05) is 29.7 Å². The number of hydrogen-bond donors (Lipinski definition) is 2. The van der Waals surface area contributed by atoms with Crippen LogP contribution in [0.1, 0.15) is 24.1 Å². The molecule has 0 atom stereocenters. The van der Waals surface area contributed by atoms with E-state index in [1.165, 1.54) is 16.4 Å². The maximum atomic E-state index is 12.6. The zero-order valence-corrected chi connectivity index (χ0v) is 15.3. The Hall–Kier alpha value is -1.90. The van der Waals surface area contributed by atoms with Crippen LogP contribution in [0.2, 0.25) is 0 Å². The minimum Gasteiger partial charge on any atom is -0.508 e. The molecule has 2 heterocycles. The number of thiophene rings is 1. The summed E-state index contributed by atoms with van der Waals surface area (Å²) in [6, 6.07) is 9.55. The number of amides is 1. The molecular weight excluding hydrogens is 360 g/mol. The maximum absolute atomic E-state index is 12.6. The highest BCUT2D eigenvalue weighted by atomic mass is 32.2. The van der Waals surface area contributed by atoms with Crippen molar-refractivity contribution in [3.63, 3.8) is 0 Å². The van der Waals surface area contributed by atoms with Crippen molar-refractivity contribution in [1.82, 2.24) is 4.31 Å². The van der Waals surface area contributed by atoms with Gasteiger partial charge < -0.3 is 10.4 Å². The molecule has 25 heavy (non-hydrogen) atoms. The predicted octanol–water partition coefficient (Wildman–Crippen LogP) is 2.81. The minimum absolute atomic E-state index is 0.0730. The molecule has 134 valence electrons. The Balaban J connectivity index is 1.66. The first-order chi connectivity index (χ1) is 11.9. The van der Waals surface area contributed by atoms with Crippen molar-refractivity contribution in [2.75, 3.05) is 18.4 Å². The lowest BCUT2D eigenvalue weighted by Gasteiger charge is -2.25. The first-order valence-electron chi connectivity index (χ1n) is 8.13. The van der Waals surface area contributed by atoms with Crippen LogP contribution < -0.4 is 5.32 Å². The normalized spacial score (nSPS) is 15.8. The Bertz CT molecular complexity index is 855. The molecule has 1 amide bonds. The van der Waals surface area contributed by atoms with Crippen molar-refractivity contribution in [3.05, 3.63) is 41.3 Å². The number of piperidine rings is 1. The van der Waals surface area contributed by atoms with E-state index in [1.807, 2.05) is 0 Å². The van der Waals surface area contributed by atoms with Gasteiger partial charge in [-0.05, 0) is 37.1 Å². The van der Waals surface area contributed by atoms with Crippen LogP contribution in [0.3, 0.4) is 0 Å². The summed E-state index contributed by atoms with van der Waals surface area (Å²) in [6.07, 6.45) is 2.94. The number of benzene rings is 1. The molecule has 0 bridgehead atoms. The number of nitrogens with zero attached hydrogens (tertiary/aromatic N) is 1. The van der Waals surface area contributed by atoms with Gasteiger partial charge in [-0.3, -0.25) is 4.79 Å². The quantitative estimate of drug-likeness (QED) is 0.835. The smallest absolute Gasteiger partial charge is 0.252 e. The summed E-state index contributed by atoms with van der Waals surface area (Å²) in [6.45, 7) is 1.13. The molecule has 1 aliphatic heterocycles. The van der Waals surface area contributed by atoms with Gasteiger partial charge in [0.15, 0.2) is 0 Å². The third-order valence-corrected chi connectivity index (χ3v) is 7.46. The highest BCUT2D eigenvalue weighted by Crippen LogP contribution is 2.27. The molecule has 1 aromatic heterocycles. The lowest BCUT2D eigenvalue weighted by Crippen LogP contribution is -2.35. The van der Waals surface area contributed by atoms with Crippen LogP contribution >= 0.6 is 11.3 Å². The maximum Gasteiger partial charge on any atom is 0.252 e.